The third-order valence-electron chi connectivity index (χ3n) is 1.73. The number of halogens is 1. The number of thiophene rings is 1. The van der Waals surface area contributed by atoms with E-state index in [1.807, 2.05) is 0 Å². The third kappa shape index (κ3) is 3.91. The SMILES string of the molecule is COc1ccsc1S(=O)(=O)NCCCN.Cl. The maximum absolute atomic E-state index is 11.7. The molecule has 1 aromatic heterocycles. The molecule has 0 aliphatic carbocycles. The van der Waals surface area contributed by atoms with Gasteiger partial charge >= 0.3 is 0 Å². The second-order valence-electron chi connectivity index (χ2n) is 2.82. The molecule has 0 aliphatic heterocycles. The highest BCUT2D eigenvalue weighted by Crippen LogP contribution is 2.28. The number of sulfonamides is 1. The Morgan fingerprint density at radius 2 is 2.25 bits per heavy atom. The van der Waals surface area contributed by atoms with Crippen molar-refractivity contribution in [2.24, 2.45) is 5.73 Å². The van der Waals surface area contributed by atoms with Gasteiger partial charge in [-0.15, -0.1) is 23.7 Å². The normalized spacial score (nSPS) is 10.9. The van der Waals surface area contributed by atoms with E-state index in [4.69, 9.17) is 10.5 Å². The summed E-state index contributed by atoms with van der Waals surface area (Å²) in [7, 11) is -2.00. The molecule has 0 radical (unpaired) electrons. The molecule has 0 saturated heterocycles. The minimum atomic E-state index is -3.44. The maximum Gasteiger partial charge on any atom is 0.253 e. The second-order valence-corrected chi connectivity index (χ2v) is 5.69. The lowest BCUT2D eigenvalue weighted by Crippen LogP contribution is -2.25. The molecule has 0 aromatic carbocycles. The molecule has 0 saturated carbocycles. The van der Waals surface area contributed by atoms with E-state index < -0.39 is 10.0 Å². The van der Waals surface area contributed by atoms with E-state index in [1.165, 1.54) is 7.11 Å². The van der Waals surface area contributed by atoms with Gasteiger partial charge in [-0.25, -0.2) is 13.1 Å². The van der Waals surface area contributed by atoms with Gasteiger partial charge in [0.25, 0.3) is 10.0 Å². The lowest BCUT2D eigenvalue weighted by Gasteiger charge is -2.05. The predicted octanol–water partition coefficient (Wildman–Crippen LogP) is 0.806. The van der Waals surface area contributed by atoms with Crippen molar-refractivity contribution in [3.8, 4) is 5.75 Å². The molecule has 0 spiro atoms. The van der Waals surface area contributed by atoms with Gasteiger partial charge in [-0.2, -0.15) is 0 Å². The molecule has 1 rings (SSSR count). The first-order valence-corrected chi connectivity index (χ1v) is 6.79. The topological polar surface area (TPSA) is 81.4 Å². The highest BCUT2D eigenvalue weighted by molar-refractivity contribution is 7.91. The number of rotatable bonds is 6. The molecule has 1 aromatic rings. The van der Waals surface area contributed by atoms with Crippen molar-refractivity contribution < 1.29 is 13.2 Å². The molecule has 0 bridgehead atoms. The van der Waals surface area contributed by atoms with Crippen LogP contribution in [0.4, 0.5) is 0 Å². The fraction of sp³-hybridized carbons (Fsp3) is 0.500. The zero-order valence-corrected chi connectivity index (χ0v) is 11.3. The van der Waals surface area contributed by atoms with E-state index in [-0.39, 0.29) is 16.6 Å². The average Bonchev–Trinajstić information content (AvgIpc) is 2.66. The lowest BCUT2D eigenvalue weighted by atomic mass is 10.4. The van der Waals surface area contributed by atoms with E-state index in [0.29, 0.717) is 25.3 Å². The fourth-order valence-corrected chi connectivity index (χ4v) is 3.40. The number of nitrogens with two attached hydrogens (primary N) is 1. The van der Waals surface area contributed by atoms with Gasteiger partial charge in [0.05, 0.1) is 7.11 Å². The Morgan fingerprint density at radius 3 is 2.81 bits per heavy atom. The van der Waals surface area contributed by atoms with Crippen molar-refractivity contribution in [2.75, 3.05) is 20.2 Å². The number of hydrogen-bond acceptors (Lipinski definition) is 5. The summed E-state index contributed by atoms with van der Waals surface area (Å²) in [4.78, 5) is 0. The van der Waals surface area contributed by atoms with Crippen LogP contribution in [0.25, 0.3) is 0 Å². The molecule has 0 fully saturated rings. The summed E-state index contributed by atoms with van der Waals surface area (Å²) in [5.41, 5.74) is 5.28. The van der Waals surface area contributed by atoms with E-state index in [1.54, 1.807) is 11.4 Å². The van der Waals surface area contributed by atoms with Crippen molar-refractivity contribution in [3.63, 3.8) is 0 Å². The highest BCUT2D eigenvalue weighted by Gasteiger charge is 2.20. The van der Waals surface area contributed by atoms with Crippen LogP contribution in [0.3, 0.4) is 0 Å². The third-order valence-corrected chi connectivity index (χ3v) is 4.64. The summed E-state index contributed by atoms with van der Waals surface area (Å²) in [5.74, 6) is 0.375. The second kappa shape index (κ2) is 7.08. The highest BCUT2D eigenvalue weighted by atomic mass is 35.5. The molecule has 94 valence electrons. The summed E-state index contributed by atoms with van der Waals surface area (Å²) in [6.45, 7) is 0.810. The molecule has 8 heteroatoms. The summed E-state index contributed by atoms with van der Waals surface area (Å²) >= 11 is 1.13. The first kappa shape index (κ1) is 15.7. The quantitative estimate of drug-likeness (QED) is 0.758. The predicted molar refractivity (Wildman–Crippen MR) is 67.0 cm³/mol. The van der Waals surface area contributed by atoms with Gasteiger partial charge in [0.15, 0.2) is 4.21 Å². The molecular weight excluding hydrogens is 272 g/mol. The van der Waals surface area contributed by atoms with Gasteiger partial charge < -0.3 is 10.5 Å². The molecule has 0 amide bonds. The Labute approximate surface area is 105 Å². The maximum atomic E-state index is 11.7. The van der Waals surface area contributed by atoms with E-state index in [2.05, 4.69) is 4.72 Å². The van der Waals surface area contributed by atoms with Gasteiger partial charge in [-0.1, -0.05) is 0 Å². The van der Waals surface area contributed by atoms with E-state index >= 15 is 0 Å². The number of methoxy groups -OCH3 is 1. The number of hydrogen-bond donors (Lipinski definition) is 2. The average molecular weight is 287 g/mol. The fourth-order valence-electron chi connectivity index (χ4n) is 1.01. The molecule has 16 heavy (non-hydrogen) atoms. The Hall–Kier alpha value is -0.340. The Kier molecular flexibility index (Phi) is 6.93. The lowest BCUT2D eigenvalue weighted by molar-refractivity contribution is 0.406. The zero-order chi connectivity index (χ0) is 11.3. The standard InChI is InChI=1S/C8H14N2O3S2.ClH/c1-13-7-3-6-14-8(7)15(11,12)10-5-2-4-9;/h3,6,10H,2,4-5,9H2,1H3;1H. The Bertz CT molecular complexity index is 405. The summed E-state index contributed by atoms with van der Waals surface area (Å²) in [6, 6.07) is 1.63. The van der Waals surface area contributed by atoms with Gasteiger partial charge in [-0.05, 0) is 24.4 Å². The van der Waals surface area contributed by atoms with E-state index in [0.717, 1.165) is 11.3 Å². The van der Waals surface area contributed by atoms with Crippen LogP contribution in [-0.4, -0.2) is 28.6 Å². The van der Waals surface area contributed by atoms with Crippen molar-refractivity contribution in [1.82, 2.24) is 4.72 Å². The van der Waals surface area contributed by atoms with E-state index in [9.17, 15) is 8.42 Å². The summed E-state index contributed by atoms with van der Waals surface area (Å²) < 4.78 is 31.1. The molecule has 0 atom stereocenters. The number of nitrogens with one attached hydrogen (secondary N) is 1. The summed E-state index contributed by atoms with van der Waals surface area (Å²) in [6.07, 6.45) is 0.618. The van der Waals surface area contributed by atoms with Crippen molar-refractivity contribution in [3.05, 3.63) is 11.4 Å². The van der Waals surface area contributed by atoms with Crippen LogP contribution in [0.15, 0.2) is 15.7 Å². The number of ether oxygens (including phenoxy) is 1. The van der Waals surface area contributed by atoms with Crippen molar-refractivity contribution in [2.45, 2.75) is 10.6 Å². The first-order valence-electron chi connectivity index (χ1n) is 4.43. The van der Waals surface area contributed by atoms with Gasteiger partial charge in [0.1, 0.15) is 5.75 Å². The molecule has 0 aliphatic rings. The van der Waals surface area contributed by atoms with Crippen LogP contribution in [0, 0.1) is 0 Å². The molecular formula is C8H15ClN2O3S2. The molecule has 1 heterocycles. The Balaban J connectivity index is 0.00000225. The molecule has 5 nitrogen and oxygen atoms in total. The van der Waals surface area contributed by atoms with Crippen LogP contribution in [0.5, 0.6) is 5.75 Å². The van der Waals surface area contributed by atoms with Crippen molar-refractivity contribution in [1.29, 1.82) is 0 Å². The van der Waals surface area contributed by atoms with Gasteiger partial charge in [0, 0.05) is 6.54 Å². The molecule has 0 unspecified atom stereocenters. The summed E-state index contributed by atoms with van der Waals surface area (Å²) in [5, 5.41) is 1.68. The zero-order valence-electron chi connectivity index (χ0n) is 8.80. The first-order chi connectivity index (χ1) is 7.11. The Morgan fingerprint density at radius 1 is 1.56 bits per heavy atom. The minimum Gasteiger partial charge on any atom is -0.494 e. The van der Waals surface area contributed by atoms with Gasteiger partial charge in [0.2, 0.25) is 0 Å². The smallest absolute Gasteiger partial charge is 0.253 e. The minimum absolute atomic E-state index is 0. The molecule has 3 N–H and O–H groups in total. The largest absolute Gasteiger partial charge is 0.494 e. The monoisotopic (exact) mass is 286 g/mol. The van der Waals surface area contributed by atoms with Gasteiger partial charge in [-0.3, -0.25) is 0 Å². The van der Waals surface area contributed by atoms with Crippen LogP contribution in [-0.2, 0) is 10.0 Å². The van der Waals surface area contributed by atoms with Crippen molar-refractivity contribution >= 4 is 33.8 Å². The van der Waals surface area contributed by atoms with Crippen LogP contribution in [0.1, 0.15) is 6.42 Å². The van der Waals surface area contributed by atoms with Crippen LogP contribution in [0.2, 0.25) is 0 Å². The van der Waals surface area contributed by atoms with Crippen LogP contribution < -0.4 is 15.2 Å². The van der Waals surface area contributed by atoms with Crippen LogP contribution >= 0.6 is 23.7 Å².